The zero-order valence-electron chi connectivity index (χ0n) is 14.7. The van der Waals surface area contributed by atoms with E-state index in [9.17, 15) is 18.8 Å². The smallest absolute Gasteiger partial charge is 0.332 e. The van der Waals surface area contributed by atoms with Crippen molar-refractivity contribution in [1.82, 2.24) is 24.0 Å². The summed E-state index contributed by atoms with van der Waals surface area (Å²) < 4.78 is 16.4. The molecule has 8 nitrogen and oxygen atoms in total. The normalized spacial score (nSPS) is 10.5. The number of halogens is 1. The molecule has 0 spiro atoms. The lowest BCUT2D eigenvalue weighted by Gasteiger charge is -2.06. The predicted molar refractivity (Wildman–Crippen MR) is 96.5 cm³/mol. The van der Waals surface area contributed by atoms with Gasteiger partial charge in [0, 0.05) is 19.7 Å². The highest BCUT2D eigenvalue weighted by Gasteiger charge is 2.15. The average molecular weight is 369 g/mol. The number of carbonyl (C=O) groups excluding carboxylic acids is 1. The van der Waals surface area contributed by atoms with Gasteiger partial charge in [-0.15, -0.1) is 0 Å². The number of rotatable bonds is 3. The molecule has 0 aliphatic rings. The van der Waals surface area contributed by atoms with E-state index in [2.05, 4.69) is 22.1 Å². The third-order valence-electron chi connectivity index (χ3n) is 3.98. The Morgan fingerprint density at radius 3 is 2.59 bits per heavy atom. The molecule has 0 fully saturated rings. The number of nitrogens with one attached hydrogen (secondary N) is 1. The SMILES string of the molecule is Cn1c(=O)c2c(ncn2CC(=O)NCC#Cc2ccc(F)cc2)n(C)c1=O. The van der Waals surface area contributed by atoms with Crippen LogP contribution in [0.25, 0.3) is 11.2 Å². The van der Waals surface area contributed by atoms with E-state index in [1.165, 1.54) is 41.7 Å². The standard InChI is InChI=1S/C18H16FN5O3/c1-22-16-15(17(26)23(2)18(22)27)24(11-21-16)10-14(25)20-9-3-4-12-5-7-13(19)8-6-12/h5-8,11H,9-10H2,1-2H3,(H,20,25). The molecule has 2 heterocycles. The van der Waals surface area contributed by atoms with E-state index < -0.39 is 11.2 Å². The molecule has 0 saturated heterocycles. The summed E-state index contributed by atoms with van der Waals surface area (Å²) in [5, 5.41) is 2.61. The quantitative estimate of drug-likeness (QED) is 0.644. The van der Waals surface area contributed by atoms with Crippen molar-refractivity contribution >= 4 is 17.1 Å². The van der Waals surface area contributed by atoms with Gasteiger partial charge in [-0.2, -0.15) is 0 Å². The fourth-order valence-corrected chi connectivity index (χ4v) is 2.55. The molecule has 2 aromatic heterocycles. The van der Waals surface area contributed by atoms with Crippen molar-refractivity contribution < 1.29 is 9.18 Å². The molecule has 0 aliphatic heterocycles. The first-order valence-corrected chi connectivity index (χ1v) is 8.00. The molecule has 0 unspecified atom stereocenters. The Bertz CT molecular complexity index is 1190. The van der Waals surface area contributed by atoms with E-state index in [0.29, 0.717) is 5.56 Å². The largest absolute Gasteiger partial charge is 0.344 e. The van der Waals surface area contributed by atoms with E-state index >= 15 is 0 Å². The second kappa shape index (κ2) is 7.29. The van der Waals surface area contributed by atoms with Crippen LogP contribution >= 0.6 is 0 Å². The highest BCUT2D eigenvalue weighted by Crippen LogP contribution is 2.05. The Morgan fingerprint density at radius 1 is 1.19 bits per heavy atom. The lowest BCUT2D eigenvalue weighted by atomic mass is 10.2. The summed E-state index contributed by atoms with van der Waals surface area (Å²) in [4.78, 5) is 40.4. The third kappa shape index (κ3) is 3.64. The van der Waals surface area contributed by atoms with Crippen molar-refractivity contribution in [2.75, 3.05) is 6.54 Å². The van der Waals surface area contributed by atoms with Crippen LogP contribution in [-0.2, 0) is 25.4 Å². The molecule has 1 aromatic carbocycles. The molecular formula is C18H16FN5O3. The zero-order chi connectivity index (χ0) is 19.6. The molecule has 3 aromatic rings. The van der Waals surface area contributed by atoms with Crippen molar-refractivity contribution in [3.8, 4) is 11.8 Å². The molecule has 9 heteroatoms. The number of imidazole rings is 1. The summed E-state index contributed by atoms with van der Waals surface area (Å²) in [6, 6.07) is 5.70. The van der Waals surface area contributed by atoms with Crippen molar-refractivity contribution in [2.45, 2.75) is 6.54 Å². The van der Waals surface area contributed by atoms with E-state index in [-0.39, 0.29) is 36.0 Å². The number of fused-ring (bicyclic) bond motifs is 1. The fraction of sp³-hybridized carbons (Fsp3) is 0.222. The maximum absolute atomic E-state index is 12.8. The van der Waals surface area contributed by atoms with Gasteiger partial charge < -0.3 is 9.88 Å². The van der Waals surface area contributed by atoms with Crippen LogP contribution in [0.2, 0.25) is 0 Å². The number of hydrogen-bond donors (Lipinski definition) is 1. The van der Waals surface area contributed by atoms with Crippen molar-refractivity contribution in [3.63, 3.8) is 0 Å². The second-order valence-corrected chi connectivity index (χ2v) is 5.84. The number of amides is 1. The lowest BCUT2D eigenvalue weighted by Crippen LogP contribution is -2.38. The zero-order valence-corrected chi connectivity index (χ0v) is 14.7. The molecule has 27 heavy (non-hydrogen) atoms. The summed E-state index contributed by atoms with van der Waals surface area (Å²) in [5.74, 6) is 4.86. The maximum atomic E-state index is 12.8. The van der Waals surface area contributed by atoms with Crippen LogP contribution in [0.15, 0.2) is 40.2 Å². The Labute approximate surface area is 152 Å². The second-order valence-electron chi connectivity index (χ2n) is 5.84. The van der Waals surface area contributed by atoms with Crippen molar-refractivity contribution in [3.05, 3.63) is 62.8 Å². The Hall–Kier alpha value is -3.67. The average Bonchev–Trinajstić information content (AvgIpc) is 3.07. The van der Waals surface area contributed by atoms with E-state index in [4.69, 9.17) is 0 Å². The number of aryl methyl sites for hydroxylation is 1. The number of nitrogens with zero attached hydrogens (tertiary/aromatic N) is 4. The van der Waals surface area contributed by atoms with Crippen LogP contribution in [0, 0.1) is 17.7 Å². The summed E-state index contributed by atoms with van der Waals surface area (Å²) in [6.45, 7) is -0.0402. The molecule has 138 valence electrons. The number of benzene rings is 1. The number of carbonyl (C=O) groups is 1. The van der Waals surface area contributed by atoms with E-state index in [0.717, 1.165) is 4.57 Å². The first-order valence-electron chi connectivity index (χ1n) is 8.00. The van der Waals surface area contributed by atoms with Gasteiger partial charge in [0.05, 0.1) is 12.9 Å². The monoisotopic (exact) mass is 369 g/mol. The van der Waals surface area contributed by atoms with Gasteiger partial charge in [-0.05, 0) is 24.3 Å². The van der Waals surface area contributed by atoms with Gasteiger partial charge in [0.1, 0.15) is 12.4 Å². The van der Waals surface area contributed by atoms with Gasteiger partial charge in [-0.25, -0.2) is 14.2 Å². The van der Waals surface area contributed by atoms with Gasteiger partial charge in [-0.1, -0.05) is 11.8 Å². The lowest BCUT2D eigenvalue weighted by molar-refractivity contribution is -0.121. The van der Waals surface area contributed by atoms with E-state index in [1.807, 2.05) is 0 Å². The molecule has 3 rings (SSSR count). The van der Waals surface area contributed by atoms with Gasteiger partial charge >= 0.3 is 5.69 Å². The van der Waals surface area contributed by atoms with Crippen LogP contribution < -0.4 is 16.6 Å². The summed E-state index contributed by atoms with van der Waals surface area (Å²) in [6.07, 6.45) is 1.34. The van der Waals surface area contributed by atoms with Crippen LogP contribution in [0.1, 0.15) is 5.56 Å². The molecular weight excluding hydrogens is 353 g/mol. The van der Waals surface area contributed by atoms with Crippen molar-refractivity contribution in [2.24, 2.45) is 14.1 Å². The number of aromatic nitrogens is 4. The van der Waals surface area contributed by atoms with Crippen LogP contribution in [-0.4, -0.2) is 31.1 Å². The van der Waals surface area contributed by atoms with Gasteiger partial charge in [-0.3, -0.25) is 18.7 Å². The van der Waals surface area contributed by atoms with Crippen LogP contribution in [0.4, 0.5) is 4.39 Å². The van der Waals surface area contributed by atoms with Crippen LogP contribution in [0.5, 0.6) is 0 Å². The summed E-state index contributed by atoms with van der Waals surface area (Å²) >= 11 is 0. The number of hydrogen-bond acceptors (Lipinski definition) is 4. The third-order valence-corrected chi connectivity index (χ3v) is 3.98. The molecule has 0 saturated carbocycles. The first kappa shape index (κ1) is 18.1. The Balaban J connectivity index is 1.71. The maximum Gasteiger partial charge on any atom is 0.332 e. The van der Waals surface area contributed by atoms with Gasteiger partial charge in [0.15, 0.2) is 11.2 Å². The summed E-state index contributed by atoms with van der Waals surface area (Å²) in [7, 11) is 2.87. The summed E-state index contributed by atoms with van der Waals surface area (Å²) in [5.41, 5.74) is 0.0163. The Kier molecular flexibility index (Phi) is 4.90. The molecule has 0 radical (unpaired) electrons. The molecule has 1 N–H and O–H groups in total. The molecule has 1 amide bonds. The topological polar surface area (TPSA) is 90.9 Å². The van der Waals surface area contributed by atoms with E-state index in [1.54, 1.807) is 12.1 Å². The van der Waals surface area contributed by atoms with Crippen LogP contribution in [0.3, 0.4) is 0 Å². The molecule has 0 aliphatic carbocycles. The molecule has 0 atom stereocenters. The fourth-order valence-electron chi connectivity index (χ4n) is 2.55. The van der Waals surface area contributed by atoms with Gasteiger partial charge in [0.2, 0.25) is 5.91 Å². The minimum Gasteiger partial charge on any atom is -0.344 e. The highest BCUT2D eigenvalue weighted by molar-refractivity contribution is 5.79. The minimum absolute atomic E-state index is 0.0966. The highest BCUT2D eigenvalue weighted by atomic mass is 19.1. The Morgan fingerprint density at radius 2 is 1.89 bits per heavy atom. The van der Waals surface area contributed by atoms with Gasteiger partial charge in [0.25, 0.3) is 5.56 Å². The molecule has 0 bridgehead atoms. The first-order chi connectivity index (χ1) is 12.9. The predicted octanol–water partition coefficient (Wildman–Crippen LogP) is -0.259. The van der Waals surface area contributed by atoms with Crippen molar-refractivity contribution in [1.29, 1.82) is 0 Å². The minimum atomic E-state index is -0.519.